The van der Waals surface area contributed by atoms with Crippen molar-refractivity contribution in [3.05, 3.63) is 18.6 Å². The molecule has 0 aliphatic rings. The highest BCUT2D eigenvalue weighted by Gasteiger charge is 2.09. The maximum Gasteiger partial charge on any atom is 0.322 e. The number of hydrogen-bond acceptors (Lipinski definition) is 8. The third-order valence-electron chi connectivity index (χ3n) is 1.69. The lowest BCUT2D eigenvalue weighted by Crippen LogP contribution is -2.10. The van der Waals surface area contributed by atoms with Crippen LogP contribution in [0.5, 0.6) is 6.01 Å². The van der Waals surface area contributed by atoms with Gasteiger partial charge in [-0.05, 0) is 25.6 Å². The molecule has 0 amide bonds. The summed E-state index contributed by atoms with van der Waals surface area (Å²) in [5.74, 6) is 0.118. The van der Waals surface area contributed by atoms with Gasteiger partial charge in [0, 0.05) is 12.4 Å². The largest absolute Gasteiger partial charge is 0.461 e. The Balaban J connectivity index is 2.20. The molecule has 8 heteroatoms. The molecule has 0 aliphatic heterocycles. The summed E-state index contributed by atoms with van der Waals surface area (Å²) in [6, 6.07) is 0.212. The second-order valence-electron chi connectivity index (χ2n) is 3.57. The summed E-state index contributed by atoms with van der Waals surface area (Å²) in [5.41, 5.74) is 5.60. The van der Waals surface area contributed by atoms with E-state index in [1.807, 2.05) is 13.8 Å². The van der Waals surface area contributed by atoms with Crippen molar-refractivity contribution >= 4 is 17.7 Å². The van der Waals surface area contributed by atoms with E-state index in [4.69, 9.17) is 10.5 Å². The highest BCUT2D eigenvalue weighted by atomic mass is 32.2. The fourth-order valence-corrected chi connectivity index (χ4v) is 1.77. The summed E-state index contributed by atoms with van der Waals surface area (Å²) >= 11 is 1.25. The van der Waals surface area contributed by atoms with E-state index in [2.05, 4.69) is 24.9 Å². The van der Waals surface area contributed by atoms with Gasteiger partial charge in [0.15, 0.2) is 0 Å². The van der Waals surface area contributed by atoms with Crippen LogP contribution in [0.15, 0.2) is 28.8 Å². The van der Waals surface area contributed by atoms with Crippen LogP contribution in [0, 0.1) is 0 Å². The first-order chi connectivity index (χ1) is 8.63. The molecule has 94 valence electrons. The highest BCUT2D eigenvalue weighted by Crippen LogP contribution is 2.23. The summed E-state index contributed by atoms with van der Waals surface area (Å²) < 4.78 is 5.38. The minimum Gasteiger partial charge on any atom is -0.461 e. The van der Waals surface area contributed by atoms with Crippen LogP contribution in [0.3, 0.4) is 0 Å². The zero-order valence-corrected chi connectivity index (χ0v) is 10.8. The van der Waals surface area contributed by atoms with Gasteiger partial charge in [-0.1, -0.05) is 0 Å². The average molecular weight is 264 g/mol. The van der Waals surface area contributed by atoms with Crippen LogP contribution in [0.2, 0.25) is 0 Å². The van der Waals surface area contributed by atoms with E-state index >= 15 is 0 Å². The highest BCUT2D eigenvalue weighted by molar-refractivity contribution is 7.99. The Morgan fingerprint density at radius 2 is 2.06 bits per heavy atom. The number of nitrogens with two attached hydrogens (primary N) is 1. The molecule has 2 N–H and O–H groups in total. The van der Waals surface area contributed by atoms with E-state index in [0.717, 1.165) is 0 Å². The van der Waals surface area contributed by atoms with Crippen molar-refractivity contribution in [3.8, 4) is 6.01 Å². The van der Waals surface area contributed by atoms with Gasteiger partial charge in [-0.15, -0.1) is 0 Å². The molecule has 0 saturated carbocycles. The Labute approximate surface area is 108 Å². The molecule has 2 rings (SSSR count). The van der Waals surface area contributed by atoms with Crippen LogP contribution in [-0.2, 0) is 0 Å². The maximum absolute atomic E-state index is 5.60. The van der Waals surface area contributed by atoms with Gasteiger partial charge in [-0.2, -0.15) is 15.0 Å². The molecular weight excluding hydrogens is 252 g/mol. The molecular formula is C10H12N6OS. The Morgan fingerprint density at radius 1 is 1.22 bits per heavy atom. The lowest BCUT2D eigenvalue weighted by atomic mass is 10.5. The van der Waals surface area contributed by atoms with Gasteiger partial charge in [-0.3, -0.25) is 4.98 Å². The van der Waals surface area contributed by atoms with E-state index in [0.29, 0.717) is 10.2 Å². The molecule has 0 spiro atoms. The lowest BCUT2D eigenvalue weighted by molar-refractivity contribution is 0.219. The number of nitrogen functional groups attached to an aromatic ring is 1. The fraction of sp³-hybridized carbons (Fsp3) is 0.300. The molecule has 0 aromatic carbocycles. The van der Waals surface area contributed by atoms with Gasteiger partial charge in [0.2, 0.25) is 11.1 Å². The molecule has 0 saturated heterocycles. The average Bonchev–Trinajstić information content (AvgIpc) is 2.28. The third-order valence-corrected chi connectivity index (χ3v) is 2.47. The summed E-state index contributed by atoms with van der Waals surface area (Å²) in [4.78, 5) is 20.1. The van der Waals surface area contributed by atoms with Crippen LogP contribution in [0.1, 0.15) is 13.8 Å². The van der Waals surface area contributed by atoms with E-state index in [1.165, 1.54) is 11.8 Å². The number of anilines is 1. The van der Waals surface area contributed by atoms with Crippen LogP contribution < -0.4 is 10.5 Å². The molecule has 0 aliphatic carbocycles. The van der Waals surface area contributed by atoms with Crippen molar-refractivity contribution in [2.45, 2.75) is 30.1 Å². The molecule has 0 unspecified atom stereocenters. The number of aromatic nitrogens is 5. The fourth-order valence-electron chi connectivity index (χ4n) is 1.09. The first-order valence-electron chi connectivity index (χ1n) is 5.25. The van der Waals surface area contributed by atoms with Crippen LogP contribution in [0.25, 0.3) is 0 Å². The quantitative estimate of drug-likeness (QED) is 0.878. The second-order valence-corrected chi connectivity index (χ2v) is 4.56. The van der Waals surface area contributed by atoms with Gasteiger partial charge < -0.3 is 10.5 Å². The number of hydrogen-bond donors (Lipinski definition) is 1. The van der Waals surface area contributed by atoms with Crippen molar-refractivity contribution in [2.24, 2.45) is 0 Å². The zero-order chi connectivity index (χ0) is 13.0. The topological polar surface area (TPSA) is 99.7 Å². The number of nitrogens with zero attached hydrogens (tertiary/aromatic N) is 5. The van der Waals surface area contributed by atoms with Crippen LogP contribution >= 0.6 is 11.8 Å². The predicted molar refractivity (Wildman–Crippen MR) is 66.2 cm³/mol. The van der Waals surface area contributed by atoms with Crippen LogP contribution in [0.4, 0.5) is 5.95 Å². The third kappa shape index (κ3) is 3.52. The molecule has 2 aromatic rings. The summed E-state index contributed by atoms with van der Waals surface area (Å²) in [6.45, 7) is 3.77. The Bertz CT molecular complexity index is 521. The summed E-state index contributed by atoms with van der Waals surface area (Å²) in [5, 5.41) is 1.11. The molecule has 7 nitrogen and oxygen atoms in total. The van der Waals surface area contributed by atoms with Gasteiger partial charge >= 0.3 is 6.01 Å². The molecule has 18 heavy (non-hydrogen) atoms. The lowest BCUT2D eigenvalue weighted by Gasteiger charge is -2.08. The van der Waals surface area contributed by atoms with Crippen molar-refractivity contribution in [1.82, 2.24) is 24.9 Å². The Hall–Kier alpha value is -1.96. The van der Waals surface area contributed by atoms with E-state index < -0.39 is 0 Å². The molecule has 2 heterocycles. The van der Waals surface area contributed by atoms with Gasteiger partial charge in [0.25, 0.3) is 0 Å². The molecule has 0 bridgehead atoms. The SMILES string of the molecule is CC(C)Oc1nc(N)nc(Sc2cnccn2)n1. The second kappa shape index (κ2) is 5.58. The van der Waals surface area contributed by atoms with Crippen molar-refractivity contribution in [2.75, 3.05) is 5.73 Å². The number of ether oxygens (including phenoxy) is 1. The molecule has 0 fully saturated rings. The first kappa shape index (κ1) is 12.5. The zero-order valence-electron chi connectivity index (χ0n) is 9.94. The van der Waals surface area contributed by atoms with E-state index in [9.17, 15) is 0 Å². The molecule has 0 radical (unpaired) electrons. The first-order valence-corrected chi connectivity index (χ1v) is 6.07. The van der Waals surface area contributed by atoms with Crippen molar-refractivity contribution in [1.29, 1.82) is 0 Å². The monoisotopic (exact) mass is 264 g/mol. The minimum absolute atomic E-state index is 0.0267. The number of rotatable bonds is 4. The van der Waals surface area contributed by atoms with E-state index in [-0.39, 0.29) is 18.1 Å². The van der Waals surface area contributed by atoms with E-state index in [1.54, 1.807) is 18.6 Å². The molecule has 0 atom stereocenters. The Morgan fingerprint density at radius 3 is 2.72 bits per heavy atom. The summed E-state index contributed by atoms with van der Waals surface area (Å²) in [7, 11) is 0. The molecule has 2 aromatic heterocycles. The van der Waals surface area contributed by atoms with Gasteiger partial charge in [-0.25, -0.2) is 4.98 Å². The Kier molecular flexibility index (Phi) is 3.88. The maximum atomic E-state index is 5.60. The van der Waals surface area contributed by atoms with Gasteiger partial charge in [0.1, 0.15) is 5.03 Å². The van der Waals surface area contributed by atoms with Crippen molar-refractivity contribution in [3.63, 3.8) is 0 Å². The van der Waals surface area contributed by atoms with Gasteiger partial charge in [0.05, 0.1) is 12.3 Å². The smallest absolute Gasteiger partial charge is 0.322 e. The van der Waals surface area contributed by atoms with Crippen LogP contribution in [-0.4, -0.2) is 31.0 Å². The standard InChI is InChI=1S/C10H12N6OS/c1-6(2)17-9-14-8(11)15-10(16-9)18-7-5-12-3-4-13-7/h3-6H,1-2H3,(H2,11,14,15,16). The predicted octanol–water partition coefficient (Wildman–Crippen LogP) is 1.18. The normalized spacial score (nSPS) is 10.6. The van der Waals surface area contributed by atoms with Crippen molar-refractivity contribution < 1.29 is 4.74 Å². The minimum atomic E-state index is -0.0267. The summed E-state index contributed by atoms with van der Waals surface area (Å²) in [6.07, 6.45) is 4.78.